The smallest absolute Gasteiger partial charge is 0.146 e. The van der Waals surface area contributed by atoms with Gasteiger partial charge in [-0.15, -0.1) is 0 Å². The molecule has 0 fully saturated rings. The molecule has 5 nitrogen and oxygen atoms in total. The number of aryl methyl sites for hydroxylation is 3. The monoisotopic (exact) mass is 339 g/mol. The number of hydrogen-bond donors (Lipinski definition) is 0. The Morgan fingerprint density at radius 3 is 2.58 bits per heavy atom. The number of rotatable bonds is 1. The van der Waals surface area contributed by atoms with E-state index >= 15 is 0 Å². The summed E-state index contributed by atoms with van der Waals surface area (Å²) >= 11 is 6.45. The quantitative estimate of drug-likeness (QED) is 0.681. The van der Waals surface area contributed by atoms with Crippen LogP contribution in [-0.4, -0.2) is 25.0 Å². The number of halogens is 1. The summed E-state index contributed by atoms with van der Waals surface area (Å²) in [4.78, 5) is 9.55. The van der Waals surface area contributed by atoms with E-state index < -0.39 is 0 Å². The van der Waals surface area contributed by atoms with Gasteiger partial charge in [0.05, 0.1) is 29.2 Å². The van der Waals surface area contributed by atoms with Crippen molar-refractivity contribution in [1.29, 1.82) is 0 Å². The molecule has 0 aliphatic carbocycles. The Bertz CT molecular complexity index is 993. The average molecular weight is 340 g/mol. The molecule has 122 valence electrons. The molecule has 0 saturated carbocycles. The molecular formula is C18H18ClN5. The van der Waals surface area contributed by atoms with E-state index in [9.17, 15) is 0 Å². The molecule has 0 radical (unpaired) electrons. The molecule has 0 atom stereocenters. The van der Waals surface area contributed by atoms with Gasteiger partial charge in [-0.2, -0.15) is 5.10 Å². The largest absolute Gasteiger partial charge is 0.283 e. The number of hydrogen-bond acceptors (Lipinski definition) is 3. The van der Waals surface area contributed by atoms with Crippen molar-refractivity contribution in [3.8, 4) is 5.82 Å². The number of fused-ring (bicyclic) bond motifs is 3. The molecular weight excluding hydrogens is 322 g/mol. The van der Waals surface area contributed by atoms with Crippen LogP contribution in [0.15, 0.2) is 29.3 Å². The molecule has 0 saturated heterocycles. The van der Waals surface area contributed by atoms with Crippen molar-refractivity contribution in [3.05, 3.63) is 63.3 Å². The van der Waals surface area contributed by atoms with E-state index in [1.807, 2.05) is 49.8 Å². The Balaban J connectivity index is 2.07. The zero-order chi connectivity index (χ0) is 17.0. The number of benzene rings is 1. The van der Waals surface area contributed by atoms with Crippen LogP contribution in [0.5, 0.6) is 0 Å². The van der Waals surface area contributed by atoms with E-state index in [1.54, 1.807) is 0 Å². The minimum atomic E-state index is 0.517. The standard InChI is InChI=1S/C18H18ClN5/c1-10-12(3)24-15(21-10)9-20-17(13-7-5-6-8-14(13)19)16-11(2)22-23(4)18(16)24/h5-8H,9H2,1-4H3. The Morgan fingerprint density at radius 2 is 1.83 bits per heavy atom. The number of nitrogens with zero attached hydrogens (tertiary/aromatic N) is 5. The summed E-state index contributed by atoms with van der Waals surface area (Å²) in [5.41, 5.74) is 5.89. The van der Waals surface area contributed by atoms with Crippen molar-refractivity contribution in [2.75, 3.05) is 0 Å². The van der Waals surface area contributed by atoms with Gasteiger partial charge >= 0.3 is 0 Å². The predicted octanol–water partition coefficient (Wildman–Crippen LogP) is 3.54. The zero-order valence-electron chi connectivity index (χ0n) is 14.1. The summed E-state index contributed by atoms with van der Waals surface area (Å²) < 4.78 is 4.07. The molecule has 0 N–H and O–H groups in total. The van der Waals surface area contributed by atoms with Crippen molar-refractivity contribution in [3.63, 3.8) is 0 Å². The predicted molar refractivity (Wildman–Crippen MR) is 95.3 cm³/mol. The molecule has 2 aromatic heterocycles. The molecule has 1 aliphatic rings. The van der Waals surface area contributed by atoms with E-state index in [4.69, 9.17) is 21.6 Å². The lowest BCUT2D eigenvalue weighted by Gasteiger charge is -2.11. The van der Waals surface area contributed by atoms with Crippen LogP contribution in [0.25, 0.3) is 5.82 Å². The topological polar surface area (TPSA) is 48.0 Å². The van der Waals surface area contributed by atoms with Crippen LogP contribution in [0.3, 0.4) is 0 Å². The van der Waals surface area contributed by atoms with Gasteiger partial charge in [0.1, 0.15) is 11.6 Å². The first-order valence-corrected chi connectivity index (χ1v) is 8.25. The second kappa shape index (κ2) is 5.31. The summed E-state index contributed by atoms with van der Waals surface area (Å²) in [7, 11) is 1.96. The third kappa shape index (κ3) is 2.04. The highest BCUT2D eigenvalue weighted by Crippen LogP contribution is 2.31. The van der Waals surface area contributed by atoms with Gasteiger partial charge < -0.3 is 0 Å². The van der Waals surface area contributed by atoms with Gasteiger partial charge in [-0.3, -0.25) is 14.2 Å². The van der Waals surface area contributed by atoms with E-state index in [0.29, 0.717) is 11.6 Å². The fourth-order valence-corrected chi connectivity index (χ4v) is 3.57. The van der Waals surface area contributed by atoms with Crippen LogP contribution in [0.2, 0.25) is 5.02 Å². The van der Waals surface area contributed by atoms with Crippen LogP contribution in [-0.2, 0) is 13.6 Å². The molecule has 6 heteroatoms. The van der Waals surface area contributed by atoms with Crippen LogP contribution >= 0.6 is 11.6 Å². The summed E-state index contributed by atoms with van der Waals surface area (Å²) in [6.45, 7) is 6.63. The van der Waals surface area contributed by atoms with Crippen LogP contribution in [0.1, 0.15) is 34.0 Å². The Labute approximate surface area is 145 Å². The molecule has 1 aliphatic heterocycles. The Morgan fingerprint density at radius 1 is 1.08 bits per heavy atom. The van der Waals surface area contributed by atoms with Gasteiger partial charge in [0, 0.05) is 23.3 Å². The molecule has 1 aromatic carbocycles. The lowest BCUT2D eigenvalue weighted by Crippen LogP contribution is -2.11. The molecule has 0 spiro atoms. The fraction of sp³-hybridized carbons (Fsp3) is 0.278. The third-order valence-electron chi connectivity index (χ3n) is 4.56. The Hall–Kier alpha value is -2.40. The number of aliphatic imine (C=N–C) groups is 1. The minimum absolute atomic E-state index is 0.517. The summed E-state index contributed by atoms with van der Waals surface area (Å²) in [6, 6.07) is 7.81. The summed E-state index contributed by atoms with van der Waals surface area (Å²) in [5, 5.41) is 5.33. The first kappa shape index (κ1) is 15.1. The van der Waals surface area contributed by atoms with Crippen LogP contribution < -0.4 is 0 Å². The molecule has 3 heterocycles. The molecule has 0 unspecified atom stereocenters. The maximum atomic E-state index is 6.45. The van der Waals surface area contributed by atoms with Gasteiger partial charge in [0.25, 0.3) is 0 Å². The Kier molecular flexibility index (Phi) is 3.35. The van der Waals surface area contributed by atoms with Crippen molar-refractivity contribution in [2.24, 2.45) is 12.0 Å². The van der Waals surface area contributed by atoms with E-state index in [-0.39, 0.29) is 0 Å². The average Bonchev–Trinajstić information content (AvgIpc) is 2.90. The van der Waals surface area contributed by atoms with E-state index in [0.717, 1.165) is 45.6 Å². The van der Waals surface area contributed by atoms with Crippen molar-refractivity contribution in [2.45, 2.75) is 27.3 Å². The highest BCUT2D eigenvalue weighted by molar-refractivity contribution is 6.35. The maximum Gasteiger partial charge on any atom is 0.146 e. The SMILES string of the molecule is Cc1nn(C)c2c1C(c1ccccc1Cl)=NCc1nc(C)c(C)n1-2. The van der Waals surface area contributed by atoms with Crippen molar-refractivity contribution in [1.82, 2.24) is 19.3 Å². The molecule has 0 amide bonds. The van der Waals surface area contributed by atoms with Gasteiger partial charge in [0.15, 0.2) is 0 Å². The lowest BCUT2D eigenvalue weighted by molar-refractivity contribution is 0.702. The normalized spacial score (nSPS) is 13.3. The first-order valence-electron chi connectivity index (χ1n) is 7.87. The van der Waals surface area contributed by atoms with Gasteiger partial charge in [0.2, 0.25) is 0 Å². The maximum absolute atomic E-state index is 6.45. The minimum Gasteiger partial charge on any atom is -0.283 e. The zero-order valence-corrected chi connectivity index (χ0v) is 14.9. The number of aromatic nitrogens is 4. The highest BCUT2D eigenvalue weighted by Gasteiger charge is 2.28. The molecule has 0 bridgehead atoms. The highest BCUT2D eigenvalue weighted by atomic mass is 35.5. The van der Waals surface area contributed by atoms with E-state index in [2.05, 4.69) is 16.6 Å². The molecule has 24 heavy (non-hydrogen) atoms. The first-order chi connectivity index (χ1) is 11.5. The van der Waals surface area contributed by atoms with Crippen LogP contribution in [0.4, 0.5) is 0 Å². The molecule has 3 aromatic rings. The van der Waals surface area contributed by atoms with Gasteiger partial charge in [-0.05, 0) is 26.8 Å². The third-order valence-corrected chi connectivity index (χ3v) is 4.89. The van der Waals surface area contributed by atoms with Gasteiger partial charge in [-0.25, -0.2) is 4.98 Å². The van der Waals surface area contributed by atoms with Crippen LogP contribution in [0, 0.1) is 20.8 Å². The molecule has 4 rings (SSSR count). The lowest BCUT2D eigenvalue weighted by atomic mass is 10.0. The summed E-state index contributed by atoms with van der Waals surface area (Å²) in [6.07, 6.45) is 0. The second-order valence-corrected chi connectivity index (χ2v) is 6.49. The second-order valence-electron chi connectivity index (χ2n) is 6.09. The van der Waals surface area contributed by atoms with E-state index in [1.165, 1.54) is 0 Å². The van der Waals surface area contributed by atoms with Crippen molar-refractivity contribution < 1.29 is 0 Å². The van der Waals surface area contributed by atoms with Gasteiger partial charge in [-0.1, -0.05) is 29.8 Å². The van der Waals surface area contributed by atoms with Crippen molar-refractivity contribution >= 4 is 17.3 Å². The fourth-order valence-electron chi connectivity index (χ4n) is 3.35. The number of imidazole rings is 1. The summed E-state index contributed by atoms with van der Waals surface area (Å²) in [5.74, 6) is 1.92.